The normalized spacial score (nSPS) is 12.2. The number of para-hydroxylation sites is 1. The lowest BCUT2D eigenvalue weighted by atomic mass is 10.2. The topological polar surface area (TPSA) is 63.9 Å². The molecule has 6 heteroatoms. The van der Waals surface area contributed by atoms with Gasteiger partial charge in [-0.15, -0.1) is 5.11 Å². The van der Waals surface area contributed by atoms with E-state index in [-0.39, 0.29) is 0 Å². The van der Waals surface area contributed by atoms with Gasteiger partial charge in [0.05, 0.1) is 10.2 Å². The van der Waals surface area contributed by atoms with Crippen LogP contribution in [-0.4, -0.2) is 16.7 Å². The van der Waals surface area contributed by atoms with Crippen LogP contribution in [0.4, 0.5) is 9.93 Å². The lowest BCUT2D eigenvalue weighted by molar-refractivity contribution is 0.0592. The van der Waals surface area contributed by atoms with Crippen molar-refractivity contribution in [3.63, 3.8) is 0 Å². The SMILES string of the molecule is CC(C)(C)OC(=O)N=Nc1nc2ccccc2s1. The lowest BCUT2D eigenvalue weighted by Gasteiger charge is -2.16. The number of hydrogen-bond donors (Lipinski definition) is 0. The highest BCUT2D eigenvalue weighted by Crippen LogP contribution is 2.27. The summed E-state index contributed by atoms with van der Waals surface area (Å²) >= 11 is 1.38. The van der Waals surface area contributed by atoms with E-state index in [0.717, 1.165) is 10.2 Å². The molecule has 0 bridgehead atoms. The van der Waals surface area contributed by atoms with Gasteiger partial charge in [-0.1, -0.05) is 28.6 Å². The second-order valence-corrected chi connectivity index (χ2v) is 5.65. The van der Waals surface area contributed by atoms with Gasteiger partial charge in [0.15, 0.2) is 0 Å². The number of nitrogens with zero attached hydrogens (tertiary/aromatic N) is 3. The Balaban J connectivity index is 2.11. The molecule has 0 aliphatic carbocycles. The Labute approximate surface area is 109 Å². The summed E-state index contributed by atoms with van der Waals surface area (Å²) in [4.78, 5) is 15.6. The Bertz CT molecular complexity index is 566. The summed E-state index contributed by atoms with van der Waals surface area (Å²) in [6.45, 7) is 5.33. The van der Waals surface area contributed by atoms with Crippen molar-refractivity contribution in [2.75, 3.05) is 0 Å². The van der Waals surface area contributed by atoms with Gasteiger partial charge in [0.25, 0.3) is 0 Å². The molecule has 0 N–H and O–H groups in total. The molecule has 1 amide bonds. The largest absolute Gasteiger partial charge is 0.453 e. The molecule has 0 saturated carbocycles. The zero-order valence-electron chi connectivity index (χ0n) is 10.4. The molecule has 0 spiro atoms. The van der Waals surface area contributed by atoms with Crippen molar-refractivity contribution in [2.24, 2.45) is 10.2 Å². The van der Waals surface area contributed by atoms with E-state index in [4.69, 9.17) is 4.74 Å². The molecule has 0 unspecified atom stereocenters. The van der Waals surface area contributed by atoms with E-state index in [1.54, 1.807) is 20.8 Å². The summed E-state index contributed by atoms with van der Waals surface area (Å²) < 4.78 is 6.02. The third-order valence-electron chi connectivity index (χ3n) is 1.89. The van der Waals surface area contributed by atoms with Gasteiger partial charge in [0.1, 0.15) is 5.60 Å². The smallest absolute Gasteiger partial charge is 0.441 e. The second-order valence-electron chi connectivity index (χ2n) is 4.64. The highest BCUT2D eigenvalue weighted by molar-refractivity contribution is 7.21. The first-order valence-corrected chi connectivity index (χ1v) is 6.26. The number of rotatable bonds is 1. The Kier molecular flexibility index (Phi) is 3.38. The molecule has 1 aromatic heterocycles. The number of azo groups is 1. The van der Waals surface area contributed by atoms with E-state index in [0.29, 0.717) is 5.13 Å². The number of hydrogen-bond acceptors (Lipinski definition) is 5. The average molecular weight is 263 g/mol. The molecule has 0 radical (unpaired) electrons. The summed E-state index contributed by atoms with van der Waals surface area (Å²) in [7, 11) is 0. The third kappa shape index (κ3) is 3.33. The maximum atomic E-state index is 11.3. The molecular weight excluding hydrogens is 250 g/mol. The summed E-state index contributed by atoms with van der Waals surface area (Å²) in [6, 6.07) is 7.66. The fourth-order valence-corrected chi connectivity index (χ4v) is 2.06. The molecule has 1 aromatic carbocycles. The minimum Gasteiger partial charge on any atom is -0.441 e. The van der Waals surface area contributed by atoms with Crippen LogP contribution >= 0.6 is 11.3 Å². The molecule has 1 heterocycles. The van der Waals surface area contributed by atoms with Crippen LogP contribution < -0.4 is 0 Å². The van der Waals surface area contributed by atoms with Crippen LogP contribution in [0.2, 0.25) is 0 Å². The predicted molar refractivity (Wildman–Crippen MR) is 70.4 cm³/mol. The Morgan fingerprint density at radius 3 is 2.72 bits per heavy atom. The summed E-state index contributed by atoms with van der Waals surface area (Å²) in [6.07, 6.45) is -0.707. The fourth-order valence-electron chi connectivity index (χ4n) is 1.27. The van der Waals surface area contributed by atoms with E-state index >= 15 is 0 Å². The first-order valence-electron chi connectivity index (χ1n) is 5.44. The Morgan fingerprint density at radius 1 is 1.33 bits per heavy atom. The predicted octanol–water partition coefficient (Wildman–Crippen LogP) is 4.32. The zero-order valence-corrected chi connectivity index (χ0v) is 11.2. The molecule has 0 saturated heterocycles. The lowest BCUT2D eigenvalue weighted by Crippen LogP contribution is -2.21. The molecule has 2 rings (SSSR count). The van der Waals surface area contributed by atoms with Crippen LogP contribution in [0.5, 0.6) is 0 Å². The van der Waals surface area contributed by atoms with Gasteiger partial charge < -0.3 is 4.74 Å². The monoisotopic (exact) mass is 263 g/mol. The van der Waals surface area contributed by atoms with Crippen LogP contribution in [-0.2, 0) is 4.74 Å². The maximum Gasteiger partial charge on any atom is 0.453 e. The third-order valence-corrected chi connectivity index (χ3v) is 2.81. The van der Waals surface area contributed by atoms with Gasteiger partial charge in [-0.2, -0.15) is 0 Å². The molecule has 5 nitrogen and oxygen atoms in total. The quantitative estimate of drug-likeness (QED) is 0.720. The van der Waals surface area contributed by atoms with Crippen molar-refractivity contribution < 1.29 is 9.53 Å². The molecule has 2 aromatic rings. The molecule has 0 atom stereocenters. The standard InChI is InChI=1S/C12H13N3O2S/c1-12(2,3)17-11(16)15-14-10-13-8-6-4-5-7-9(8)18-10/h4-7H,1-3H3. The van der Waals surface area contributed by atoms with Crippen LogP contribution in [0.25, 0.3) is 10.2 Å². The van der Waals surface area contributed by atoms with Gasteiger partial charge in [0.2, 0.25) is 5.13 Å². The number of benzene rings is 1. The van der Waals surface area contributed by atoms with E-state index in [2.05, 4.69) is 15.2 Å². The van der Waals surface area contributed by atoms with E-state index < -0.39 is 11.7 Å². The van der Waals surface area contributed by atoms with Crippen molar-refractivity contribution in [2.45, 2.75) is 26.4 Å². The number of carbonyl (C=O) groups excluding carboxylic acids is 1. The molecule has 0 aliphatic rings. The van der Waals surface area contributed by atoms with Gasteiger partial charge >= 0.3 is 6.09 Å². The average Bonchev–Trinajstić information content (AvgIpc) is 2.66. The van der Waals surface area contributed by atoms with Gasteiger partial charge in [-0.25, -0.2) is 9.78 Å². The number of amides is 1. The number of ether oxygens (including phenoxy) is 1. The zero-order chi connectivity index (χ0) is 13.2. The molecular formula is C12H13N3O2S. The number of aromatic nitrogens is 1. The first kappa shape index (κ1) is 12.6. The number of fused-ring (bicyclic) bond motifs is 1. The summed E-state index contributed by atoms with van der Waals surface area (Å²) in [5.74, 6) is 0. The van der Waals surface area contributed by atoms with E-state index in [1.165, 1.54) is 11.3 Å². The van der Waals surface area contributed by atoms with Gasteiger partial charge in [-0.05, 0) is 32.9 Å². The van der Waals surface area contributed by atoms with E-state index in [1.807, 2.05) is 24.3 Å². The van der Waals surface area contributed by atoms with Crippen molar-refractivity contribution in [1.29, 1.82) is 0 Å². The maximum absolute atomic E-state index is 11.3. The van der Waals surface area contributed by atoms with Crippen LogP contribution in [0.3, 0.4) is 0 Å². The summed E-state index contributed by atoms with van der Waals surface area (Å²) in [5.41, 5.74) is 0.282. The van der Waals surface area contributed by atoms with Crippen molar-refractivity contribution >= 4 is 32.8 Å². The van der Waals surface area contributed by atoms with Gasteiger partial charge in [-0.3, -0.25) is 0 Å². The first-order chi connectivity index (χ1) is 8.44. The number of thiazole rings is 1. The highest BCUT2D eigenvalue weighted by atomic mass is 32.1. The number of carbonyl (C=O) groups is 1. The Hall–Kier alpha value is -1.82. The van der Waals surface area contributed by atoms with Crippen LogP contribution in [0, 0.1) is 0 Å². The summed E-state index contributed by atoms with van der Waals surface area (Å²) in [5, 5.41) is 7.72. The molecule has 18 heavy (non-hydrogen) atoms. The minimum atomic E-state index is -0.707. The molecule has 0 aliphatic heterocycles. The van der Waals surface area contributed by atoms with Crippen molar-refractivity contribution in [1.82, 2.24) is 4.98 Å². The van der Waals surface area contributed by atoms with Crippen LogP contribution in [0.1, 0.15) is 20.8 Å². The second kappa shape index (κ2) is 4.81. The molecule has 94 valence electrons. The Morgan fingerprint density at radius 2 is 2.06 bits per heavy atom. The fraction of sp³-hybridized carbons (Fsp3) is 0.333. The van der Waals surface area contributed by atoms with E-state index in [9.17, 15) is 4.79 Å². The van der Waals surface area contributed by atoms with Crippen LogP contribution in [0.15, 0.2) is 34.5 Å². The van der Waals surface area contributed by atoms with Crippen molar-refractivity contribution in [3.8, 4) is 0 Å². The minimum absolute atomic E-state index is 0.446. The molecule has 0 fully saturated rings. The van der Waals surface area contributed by atoms with Crippen molar-refractivity contribution in [3.05, 3.63) is 24.3 Å². The highest BCUT2D eigenvalue weighted by Gasteiger charge is 2.15. The van der Waals surface area contributed by atoms with Gasteiger partial charge in [0, 0.05) is 0 Å².